The molecule has 0 fully saturated rings. The van der Waals surface area contributed by atoms with E-state index in [1.807, 2.05) is 19.2 Å². The molecule has 0 aliphatic rings. The number of nitrogens with zero attached hydrogens (tertiary/aromatic N) is 1. The Morgan fingerprint density at radius 3 is 2.33 bits per heavy atom. The van der Waals surface area contributed by atoms with Gasteiger partial charge in [-0.3, -0.25) is 4.98 Å². The fraction of sp³-hybridized carbons (Fsp3) is 0.312. The van der Waals surface area contributed by atoms with Gasteiger partial charge in [0.15, 0.2) is 0 Å². The van der Waals surface area contributed by atoms with Crippen LogP contribution in [0.5, 0.6) is 0 Å². The van der Waals surface area contributed by atoms with E-state index in [0.29, 0.717) is 0 Å². The van der Waals surface area contributed by atoms with E-state index in [4.69, 9.17) is 5.73 Å². The molecular weight excluding hydrogens is 220 g/mol. The van der Waals surface area contributed by atoms with E-state index in [2.05, 4.69) is 43.1 Å². The highest BCUT2D eigenvalue weighted by Crippen LogP contribution is 2.18. The third-order valence-corrected chi connectivity index (χ3v) is 3.09. The Labute approximate surface area is 109 Å². The van der Waals surface area contributed by atoms with Crippen molar-refractivity contribution in [3.8, 4) is 0 Å². The van der Waals surface area contributed by atoms with Gasteiger partial charge in [-0.25, -0.2) is 0 Å². The highest BCUT2D eigenvalue weighted by atomic mass is 14.7. The van der Waals surface area contributed by atoms with Crippen LogP contribution in [0.15, 0.2) is 36.5 Å². The smallest absolute Gasteiger partial charge is 0.0375 e. The summed E-state index contributed by atoms with van der Waals surface area (Å²) in [5, 5.41) is 0. The molecule has 0 aliphatic carbocycles. The van der Waals surface area contributed by atoms with Crippen LogP contribution in [0, 0.1) is 20.8 Å². The first-order chi connectivity index (χ1) is 8.54. The minimum absolute atomic E-state index is 0.0351. The molecule has 0 radical (unpaired) electrons. The Bertz CT molecular complexity index is 526. The van der Waals surface area contributed by atoms with Crippen molar-refractivity contribution in [2.24, 2.45) is 5.73 Å². The van der Waals surface area contributed by atoms with Crippen LogP contribution in [-0.2, 0) is 6.42 Å². The van der Waals surface area contributed by atoms with Crippen molar-refractivity contribution in [1.29, 1.82) is 0 Å². The Balaban J connectivity index is 2.18. The molecule has 2 N–H and O–H groups in total. The summed E-state index contributed by atoms with van der Waals surface area (Å²) in [5.74, 6) is 0. The van der Waals surface area contributed by atoms with Crippen molar-refractivity contribution in [2.45, 2.75) is 33.2 Å². The Kier molecular flexibility index (Phi) is 3.78. The molecule has 2 rings (SSSR count). The van der Waals surface area contributed by atoms with Crippen LogP contribution in [0.3, 0.4) is 0 Å². The van der Waals surface area contributed by atoms with Crippen LogP contribution in [0.2, 0.25) is 0 Å². The average molecular weight is 240 g/mol. The topological polar surface area (TPSA) is 38.9 Å². The molecule has 1 aromatic carbocycles. The molecule has 1 unspecified atom stereocenters. The molecular formula is C16H20N2. The van der Waals surface area contributed by atoms with Crippen LogP contribution < -0.4 is 5.73 Å². The SMILES string of the molecule is Cc1cc(C)cc(CC(N)c2ccnc(C)c2)c1. The highest BCUT2D eigenvalue weighted by molar-refractivity contribution is 5.30. The van der Waals surface area contributed by atoms with Crippen LogP contribution in [0.25, 0.3) is 0 Å². The minimum atomic E-state index is 0.0351. The van der Waals surface area contributed by atoms with Gasteiger partial charge < -0.3 is 5.73 Å². The second kappa shape index (κ2) is 5.32. The molecule has 94 valence electrons. The van der Waals surface area contributed by atoms with E-state index >= 15 is 0 Å². The Hall–Kier alpha value is -1.67. The van der Waals surface area contributed by atoms with Crippen molar-refractivity contribution in [1.82, 2.24) is 4.98 Å². The van der Waals surface area contributed by atoms with Gasteiger partial charge in [-0.1, -0.05) is 29.3 Å². The number of aromatic nitrogens is 1. The standard InChI is InChI=1S/C16H20N2/c1-11-6-12(2)8-14(7-11)10-16(17)15-4-5-18-13(3)9-15/h4-9,16H,10,17H2,1-3H3. The predicted octanol–water partition coefficient (Wildman–Crippen LogP) is 3.25. The maximum absolute atomic E-state index is 6.27. The molecule has 2 heteroatoms. The van der Waals surface area contributed by atoms with Gasteiger partial charge in [0.05, 0.1) is 0 Å². The van der Waals surface area contributed by atoms with E-state index < -0.39 is 0 Å². The van der Waals surface area contributed by atoms with Gasteiger partial charge in [0.25, 0.3) is 0 Å². The van der Waals surface area contributed by atoms with Crippen LogP contribution in [0.1, 0.15) is 34.0 Å². The van der Waals surface area contributed by atoms with Gasteiger partial charge in [-0.15, -0.1) is 0 Å². The molecule has 0 saturated heterocycles. The maximum Gasteiger partial charge on any atom is 0.0375 e. The third-order valence-electron chi connectivity index (χ3n) is 3.09. The Morgan fingerprint density at radius 2 is 1.72 bits per heavy atom. The lowest BCUT2D eigenvalue weighted by molar-refractivity contribution is 0.718. The molecule has 0 spiro atoms. The Morgan fingerprint density at radius 1 is 1.06 bits per heavy atom. The number of pyridine rings is 1. The van der Waals surface area contributed by atoms with Gasteiger partial charge in [-0.2, -0.15) is 0 Å². The zero-order valence-electron chi connectivity index (χ0n) is 11.3. The van der Waals surface area contributed by atoms with Gasteiger partial charge in [0.1, 0.15) is 0 Å². The van der Waals surface area contributed by atoms with Crippen molar-refractivity contribution < 1.29 is 0 Å². The summed E-state index contributed by atoms with van der Waals surface area (Å²) in [4.78, 5) is 4.20. The van der Waals surface area contributed by atoms with E-state index in [9.17, 15) is 0 Å². The summed E-state index contributed by atoms with van der Waals surface area (Å²) >= 11 is 0. The van der Waals surface area contributed by atoms with Crippen molar-refractivity contribution in [3.05, 3.63) is 64.5 Å². The van der Waals surface area contributed by atoms with Gasteiger partial charge >= 0.3 is 0 Å². The number of hydrogen-bond donors (Lipinski definition) is 1. The normalized spacial score (nSPS) is 12.4. The summed E-state index contributed by atoms with van der Waals surface area (Å²) in [6, 6.07) is 10.7. The molecule has 2 aromatic rings. The molecule has 18 heavy (non-hydrogen) atoms. The van der Waals surface area contributed by atoms with Gasteiger partial charge in [-0.05, 0) is 50.5 Å². The number of benzene rings is 1. The van der Waals surface area contributed by atoms with Crippen molar-refractivity contribution in [2.75, 3.05) is 0 Å². The minimum Gasteiger partial charge on any atom is -0.324 e. The summed E-state index contributed by atoms with van der Waals surface area (Å²) < 4.78 is 0. The highest BCUT2D eigenvalue weighted by Gasteiger charge is 2.08. The zero-order valence-corrected chi connectivity index (χ0v) is 11.3. The lowest BCUT2D eigenvalue weighted by Gasteiger charge is -2.13. The first kappa shape index (κ1) is 12.8. The van der Waals surface area contributed by atoms with E-state index in [1.54, 1.807) is 0 Å². The monoisotopic (exact) mass is 240 g/mol. The lowest BCUT2D eigenvalue weighted by Crippen LogP contribution is -2.13. The van der Waals surface area contributed by atoms with Crippen molar-refractivity contribution in [3.63, 3.8) is 0 Å². The summed E-state index contributed by atoms with van der Waals surface area (Å²) in [5.41, 5.74) is 12.3. The zero-order chi connectivity index (χ0) is 13.1. The predicted molar refractivity (Wildman–Crippen MR) is 75.5 cm³/mol. The van der Waals surface area contributed by atoms with Gasteiger partial charge in [0.2, 0.25) is 0 Å². The maximum atomic E-state index is 6.27. The first-order valence-electron chi connectivity index (χ1n) is 6.30. The van der Waals surface area contributed by atoms with E-state index in [0.717, 1.165) is 17.7 Å². The molecule has 0 bridgehead atoms. The lowest BCUT2D eigenvalue weighted by atomic mass is 9.97. The van der Waals surface area contributed by atoms with Crippen LogP contribution >= 0.6 is 0 Å². The number of aryl methyl sites for hydroxylation is 3. The number of rotatable bonds is 3. The van der Waals surface area contributed by atoms with Crippen molar-refractivity contribution >= 4 is 0 Å². The summed E-state index contributed by atoms with van der Waals surface area (Å²) in [6.07, 6.45) is 2.69. The van der Waals surface area contributed by atoms with E-state index in [-0.39, 0.29) is 6.04 Å². The van der Waals surface area contributed by atoms with E-state index in [1.165, 1.54) is 16.7 Å². The largest absolute Gasteiger partial charge is 0.324 e. The summed E-state index contributed by atoms with van der Waals surface area (Å²) in [6.45, 7) is 6.24. The number of hydrogen-bond acceptors (Lipinski definition) is 2. The second-order valence-electron chi connectivity index (χ2n) is 5.04. The first-order valence-corrected chi connectivity index (χ1v) is 6.30. The summed E-state index contributed by atoms with van der Waals surface area (Å²) in [7, 11) is 0. The molecule has 1 atom stereocenters. The molecule has 0 aliphatic heterocycles. The number of nitrogens with two attached hydrogens (primary N) is 1. The second-order valence-corrected chi connectivity index (χ2v) is 5.04. The fourth-order valence-corrected chi connectivity index (χ4v) is 2.36. The average Bonchev–Trinajstić information content (AvgIpc) is 2.27. The molecule has 1 aromatic heterocycles. The van der Waals surface area contributed by atoms with Crippen LogP contribution in [-0.4, -0.2) is 4.98 Å². The molecule has 1 heterocycles. The molecule has 2 nitrogen and oxygen atoms in total. The quantitative estimate of drug-likeness (QED) is 0.894. The molecule has 0 saturated carbocycles. The van der Waals surface area contributed by atoms with Crippen LogP contribution in [0.4, 0.5) is 0 Å². The fourth-order valence-electron chi connectivity index (χ4n) is 2.36. The van der Waals surface area contributed by atoms with Gasteiger partial charge in [0, 0.05) is 17.9 Å². The third kappa shape index (κ3) is 3.17. The molecule has 0 amide bonds.